The van der Waals surface area contributed by atoms with E-state index in [2.05, 4.69) is 66.8 Å². The Morgan fingerprint density at radius 1 is 1.17 bits per heavy atom. The van der Waals surface area contributed by atoms with Crippen molar-refractivity contribution in [3.05, 3.63) is 59.7 Å². The molecule has 9 nitrogen and oxygen atoms in total. The maximum Gasteiger partial charge on any atom is 0.182 e. The molecular formula is C21H24N8O. The van der Waals surface area contributed by atoms with Crippen LogP contribution in [0.3, 0.4) is 0 Å². The van der Waals surface area contributed by atoms with Crippen LogP contribution in [0.15, 0.2) is 47.2 Å². The largest absolute Gasteiger partial charge is 0.292 e. The lowest BCUT2D eigenvalue weighted by atomic mass is 9.80. The third-order valence-corrected chi connectivity index (χ3v) is 6.47. The molecule has 1 saturated heterocycles. The molecule has 0 saturated carbocycles. The molecule has 30 heavy (non-hydrogen) atoms. The number of aryl methyl sites for hydroxylation is 1. The maximum absolute atomic E-state index is 4.83. The van der Waals surface area contributed by atoms with Crippen LogP contribution in [0, 0.1) is 0 Å². The van der Waals surface area contributed by atoms with Gasteiger partial charge in [-0.2, -0.15) is 5.21 Å². The summed E-state index contributed by atoms with van der Waals surface area (Å²) < 4.78 is 4.83. The number of nitrogens with zero attached hydrogens (tertiary/aromatic N) is 7. The van der Waals surface area contributed by atoms with Crippen LogP contribution in [0.1, 0.15) is 43.8 Å². The van der Waals surface area contributed by atoms with Crippen molar-refractivity contribution < 1.29 is 4.63 Å². The van der Waals surface area contributed by atoms with Crippen molar-refractivity contribution in [1.82, 2.24) is 40.8 Å². The van der Waals surface area contributed by atoms with Gasteiger partial charge in [-0.15, -0.1) is 10.2 Å². The predicted molar refractivity (Wildman–Crippen MR) is 109 cm³/mol. The fraction of sp³-hybridized carbons (Fsp3) is 0.429. The van der Waals surface area contributed by atoms with Gasteiger partial charge in [0.25, 0.3) is 0 Å². The van der Waals surface area contributed by atoms with Gasteiger partial charge in [0.2, 0.25) is 0 Å². The monoisotopic (exact) mass is 404 g/mol. The highest BCUT2D eigenvalue weighted by atomic mass is 16.6. The Kier molecular flexibility index (Phi) is 4.54. The molecule has 9 heteroatoms. The Balaban J connectivity index is 1.40. The van der Waals surface area contributed by atoms with Crippen LogP contribution < -0.4 is 0 Å². The zero-order chi connectivity index (χ0) is 20.6. The fourth-order valence-corrected chi connectivity index (χ4v) is 4.49. The molecule has 0 aliphatic carbocycles. The number of rotatable bonds is 6. The topological polar surface area (TPSA) is 110 Å². The summed E-state index contributed by atoms with van der Waals surface area (Å²) in [5.41, 5.74) is 3.47. The molecule has 1 aliphatic heterocycles. The highest BCUT2D eigenvalue weighted by Crippen LogP contribution is 2.41. The molecule has 4 aromatic rings. The first kappa shape index (κ1) is 18.8. The normalized spacial score (nSPS) is 20.2. The SMILES string of the molecule is CC(C)(c1ccccn1)N1CC[C@@](CCc2ccc3nonc3c2)(c2nn[nH]n2)C1. The van der Waals surface area contributed by atoms with Crippen molar-refractivity contribution in [3.63, 3.8) is 0 Å². The molecule has 3 aromatic heterocycles. The summed E-state index contributed by atoms with van der Waals surface area (Å²) in [5.74, 6) is 0.783. The van der Waals surface area contributed by atoms with Crippen molar-refractivity contribution in [2.24, 2.45) is 0 Å². The summed E-state index contributed by atoms with van der Waals surface area (Å²) >= 11 is 0. The number of hydrogen-bond acceptors (Lipinski definition) is 8. The first-order valence-corrected chi connectivity index (χ1v) is 10.2. The molecule has 1 N–H and O–H groups in total. The molecule has 0 amide bonds. The van der Waals surface area contributed by atoms with Crippen LogP contribution in [0.2, 0.25) is 0 Å². The zero-order valence-electron chi connectivity index (χ0n) is 17.1. The van der Waals surface area contributed by atoms with Crippen LogP contribution in [0.5, 0.6) is 0 Å². The number of likely N-dealkylation sites (tertiary alicyclic amines) is 1. The van der Waals surface area contributed by atoms with Crippen molar-refractivity contribution in [1.29, 1.82) is 0 Å². The summed E-state index contributed by atoms with van der Waals surface area (Å²) in [4.78, 5) is 7.09. The Bertz CT molecular complexity index is 1120. The molecule has 154 valence electrons. The van der Waals surface area contributed by atoms with Crippen LogP contribution in [0.4, 0.5) is 0 Å². The summed E-state index contributed by atoms with van der Waals surface area (Å²) in [6.45, 7) is 6.26. The summed E-state index contributed by atoms with van der Waals surface area (Å²) in [6, 6.07) is 12.2. The highest BCUT2D eigenvalue weighted by molar-refractivity contribution is 5.73. The minimum absolute atomic E-state index is 0.171. The Morgan fingerprint density at radius 3 is 2.87 bits per heavy atom. The fourth-order valence-electron chi connectivity index (χ4n) is 4.49. The molecule has 4 heterocycles. The second-order valence-electron chi connectivity index (χ2n) is 8.55. The third kappa shape index (κ3) is 3.24. The zero-order valence-corrected chi connectivity index (χ0v) is 17.1. The van der Waals surface area contributed by atoms with Crippen LogP contribution in [0.25, 0.3) is 11.0 Å². The van der Waals surface area contributed by atoms with Gasteiger partial charge in [0, 0.05) is 24.7 Å². The average molecular weight is 404 g/mol. The number of benzene rings is 1. The van der Waals surface area contributed by atoms with E-state index in [1.165, 1.54) is 5.56 Å². The maximum atomic E-state index is 4.83. The van der Waals surface area contributed by atoms with Crippen LogP contribution in [-0.4, -0.2) is 53.9 Å². The number of aromatic nitrogens is 7. The van der Waals surface area contributed by atoms with Gasteiger partial charge >= 0.3 is 0 Å². The molecule has 0 radical (unpaired) electrons. The van der Waals surface area contributed by atoms with Crippen LogP contribution >= 0.6 is 0 Å². The van der Waals surface area contributed by atoms with E-state index in [0.29, 0.717) is 0 Å². The summed E-state index contributed by atoms with van der Waals surface area (Å²) in [7, 11) is 0. The number of pyridine rings is 1. The molecule has 1 fully saturated rings. The Morgan fingerprint density at radius 2 is 2.07 bits per heavy atom. The van der Waals surface area contributed by atoms with E-state index in [9.17, 15) is 0 Å². The molecule has 1 aromatic carbocycles. The minimum Gasteiger partial charge on any atom is -0.292 e. The van der Waals surface area contributed by atoms with E-state index in [0.717, 1.165) is 54.9 Å². The molecule has 5 rings (SSSR count). The minimum atomic E-state index is -0.183. The van der Waals surface area contributed by atoms with E-state index < -0.39 is 0 Å². The van der Waals surface area contributed by atoms with Crippen LogP contribution in [-0.2, 0) is 17.4 Å². The highest BCUT2D eigenvalue weighted by Gasteiger charge is 2.47. The van der Waals surface area contributed by atoms with Crippen molar-refractivity contribution in [2.75, 3.05) is 13.1 Å². The lowest BCUT2D eigenvalue weighted by Gasteiger charge is -2.36. The Hall–Kier alpha value is -3.20. The van der Waals surface area contributed by atoms with Gasteiger partial charge in [-0.25, -0.2) is 4.63 Å². The number of fused-ring (bicyclic) bond motifs is 1. The number of hydrogen-bond donors (Lipinski definition) is 1. The Labute approximate surface area is 173 Å². The van der Waals surface area contributed by atoms with Crippen molar-refractivity contribution >= 4 is 11.0 Å². The predicted octanol–water partition coefficient (Wildman–Crippen LogP) is 2.64. The molecule has 1 atom stereocenters. The second kappa shape index (κ2) is 7.24. The van der Waals surface area contributed by atoms with Crippen molar-refractivity contribution in [3.8, 4) is 0 Å². The van der Waals surface area contributed by atoms with E-state index in [-0.39, 0.29) is 11.0 Å². The van der Waals surface area contributed by atoms with E-state index >= 15 is 0 Å². The van der Waals surface area contributed by atoms with Gasteiger partial charge in [0.05, 0.1) is 11.2 Å². The van der Waals surface area contributed by atoms with E-state index in [4.69, 9.17) is 4.63 Å². The van der Waals surface area contributed by atoms with Gasteiger partial charge in [-0.1, -0.05) is 17.3 Å². The lowest BCUT2D eigenvalue weighted by Crippen LogP contribution is -2.43. The number of tetrazole rings is 1. The second-order valence-corrected chi connectivity index (χ2v) is 8.55. The van der Waals surface area contributed by atoms with Gasteiger partial charge in [-0.3, -0.25) is 9.88 Å². The smallest absolute Gasteiger partial charge is 0.182 e. The molecule has 0 spiro atoms. The molecular weight excluding hydrogens is 380 g/mol. The van der Waals surface area contributed by atoms with Gasteiger partial charge in [-0.05, 0) is 73.3 Å². The van der Waals surface area contributed by atoms with Crippen molar-refractivity contribution in [2.45, 2.75) is 44.1 Å². The number of aromatic amines is 1. The quantitative estimate of drug-likeness (QED) is 0.522. The first-order valence-electron chi connectivity index (χ1n) is 10.2. The summed E-state index contributed by atoms with van der Waals surface area (Å²) in [6.07, 6.45) is 4.62. The standard InChI is InChI=1S/C21H24N8O/c1-20(2,18-5-3-4-11-22-18)29-12-10-21(14-29,19-23-27-28-24-19)9-8-15-6-7-16-17(13-15)26-30-25-16/h3-7,11,13H,8-10,12,14H2,1-2H3,(H,23,24,27,28)/t21-/m1/s1. The third-order valence-electron chi connectivity index (χ3n) is 6.47. The van der Waals surface area contributed by atoms with E-state index in [1.807, 2.05) is 30.5 Å². The molecule has 1 aliphatic rings. The number of H-pyrrole nitrogens is 1. The van der Waals surface area contributed by atoms with E-state index in [1.54, 1.807) is 0 Å². The number of nitrogens with one attached hydrogen (secondary N) is 1. The van der Waals surface area contributed by atoms with Gasteiger partial charge < -0.3 is 0 Å². The average Bonchev–Trinajstić information content (AvgIpc) is 3.53. The first-order chi connectivity index (χ1) is 14.6. The molecule has 0 bridgehead atoms. The van der Waals surface area contributed by atoms with Gasteiger partial charge in [0.1, 0.15) is 11.0 Å². The lowest BCUT2D eigenvalue weighted by molar-refractivity contribution is 0.137. The summed E-state index contributed by atoms with van der Waals surface area (Å²) in [5, 5.41) is 23.1. The molecule has 0 unspecified atom stereocenters. The van der Waals surface area contributed by atoms with Gasteiger partial charge in [0.15, 0.2) is 5.82 Å².